The Balaban J connectivity index is 2.43. The summed E-state index contributed by atoms with van der Waals surface area (Å²) in [6.07, 6.45) is 2.48. The van der Waals surface area contributed by atoms with Gasteiger partial charge in [0.15, 0.2) is 10.3 Å². The maximum Gasteiger partial charge on any atom is 0.174 e. The van der Waals surface area contributed by atoms with E-state index in [9.17, 15) is 4.21 Å². The standard InChI is InChI=1S/C8H11Cl2N3OS/c1-15(14)4-2-3-11-6-5-7(9)12-13-8(6)10/h5H,2-4H2,1H3,(H,11,12). The van der Waals surface area contributed by atoms with Gasteiger partial charge in [0.2, 0.25) is 0 Å². The summed E-state index contributed by atoms with van der Waals surface area (Å²) < 4.78 is 10.8. The van der Waals surface area contributed by atoms with Gasteiger partial charge in [-0.15, -0.1) is 10.2 Å². The Labute approximate surface area is 101 Å². The fourth-order valence-electron chi connectivity index (χ4n) is 0.976. The fraction of sp³-hybridized carbons (Fsp3) is 0.500. The quantitative estimate of drug-likeness (QED) is 0.829. The Hall–Kier alpha value is -0.390. The van der Waals surface area contributed by atoms with E-state index in [1.165, 1.54) is 0 Å². The van der Waals surface area contributed by atoms with Crippen molar-refractivity contribution in [1.29, 1.82) is 0 Å². The number of hydrogen-bond donors (Lipinski definition) is 1. The molecule has 0 aliphatic carbocycles. The smallest absolute Gasteiger partial charge is 0.174 e. The van der Waals surface area contributed by atoms with Crippen molar-refractivity contribution in [1.82, 2.24) is 10.2 Å². The topological polar surface area (TPSA) is 54.9 Å². The number of rotatable bonds is 5. The zero-order chi connectivity index (χ0) is 11.3. The molecule has 1 N–H and O–H groups in total. The first-order chi connectivity index (χ1) is 7.09. The van der Waals surface area contributed by atoms with Crippen LogP contribution in [0.5, 0.6) is 0 Å². The number of anilines is 1. The number of nitrogens with zero attached hydrogens (tertiary/aromatic N) is 2. The first-order valence-electron chi connectivity index (χ1n) is 4.32. The summed E-state index contributed by atoms with van der Waals surface area (Å²) in [5, 5.41) is 10.9. The Kier molecular flexibility index (Phi) is 5.28. The molecule has 0 spiro atoms. The van der Waals surface area contributed by atoms with Gasteiger partial charge < -0.3 is 5.32 Å². The molecule has 0 aliphatic heterocycles. The van der Waals surface area contributed by atoms with Gasteiger partial charge in [0.25, 0.3) is 0 Å². The van der Waals surface area contributed by atoms with Gasteiger partial charge in [-0.25, -0.2) is 0 Å². The number of hydrogen-bond acceptors (Lipinski definition) is 4. The first-order valence-corrected chi connectivity index (χ1v) is 6.80. The third-order valence-electron chi connectivity index (χ3n) is 1.64. The number of halogens is 2. The van der Waals surface area contributed by atoms with Crippen LogP contribution in [0.15, 0.2) is 6.07 Å². The summed E-state index contributed by atoms with van der Waals surface area (Å²) in [5.74, 6) is 0.664. The molecule has 1 heterocycles. The molecule has 0 amide bonds. The van der Waals surface area contributed by atoms with Crippen molar-refractivity contribution >= 4 is 39.7 Å². The second-order valence-corrected chi connectivity index (χ2v) is 5.23. The zero-order valence-electron chi connectivity index (χ0n) is 8.17. The monoisotopic (exact) mass is 267 g/mol. The van der Waals surface area contributed by atoms with Gasteiger partial charge in [-0.1, -0.05) is 23.2 Å². The van der Waals surface area contributed by atoms with E-state index in [1.54, 1.807) is 12.3 Å². The molecule has 0 bridgehead atoms. The van der Waals surface area contributed by atoms with E-state index in [0.717, 1.165) is 6.42 Å². The summed E-state index contributed by atoms with van der Waals surface area (Å²) in [6, 6.07) is 1.61. The average Bonchev–Trinajstić information content (AvgIpc) is 2.17. The second kappa shape index (κ2) is 6.25. The molecular formula is C8H11Cl2N3OS. The molecule has 0 radical (unpaired) electrons. The molecule has 0 aromatic carbocycles. The lowest BCUT2D eigenvalue weighted by Crippen LogP contribution is -2.07. The van der Waals surface area contributed by atoms with Crippen molar-refractivity contribution in [2.24, 2.45) is 0 Å². The van der Waals surface area contributed by atoms with Crippen LogP contribution in [0.2, 0.25) is 10.3 Å². The van der Waals surface area contributed by atoms with Gasteiger partial charge in [-0.3, -0.25) is 4.21 Å². The van der Waals surface area contributed by atoms with Crippen LogP contribution in [0.3, 0.4) is 0 Å². The van der Waals surface area contributed by atoms with Crippen LogP contribution >= 0.6 is 23.2 Å². The van der Waals surface area contributed by atoms with Crippen LogP contribution in [0.25, 0.3) is 0 Å². The Morgan fingerprint density at radius 1 is 1.47 bits per heavy atom. The van der Waals surface area contributed by atoms with E-state index in [0.29, 0.717) is 23.1 Å². The lowest BCUT2D eigenvalue weighted by molar-refractivity contribution is 0.685. The highest BCUT2D eigenvalue weighted by atomic mass is 35.5. The van der Waals surface area contributed by atoms with Gasteiger partial charge in [0.05, 0.1) is 5.69 Å². The van der Waals surface area contributed by atoms with Gasteiger partial charge in [-0.2, -0.15) is 0 Å². The van der Waals surface area contributed by atoms with Crippen molar-refractivity contribution < 1.29 is 4.21 Å². The minimum absolute atomic E-state index is 0.289. The Morgan fingerprint density at radius 2 is 2.20 bits per heavy atom. The molecule has 7 heteroatoms. The van der Waals surface area contributed by atoms with Crippen molar-refractivity contribution in [3.63, 3.8) is 0 Å². The van der Waals surface area contributed by atoms with Crippen LogP contribution in [0.1, 0.15) is 6.42 Å². The molecule has 15 heavy (non-hydrogen) atoms. The Morgan fingerprint density at radius 3 is 2.87 bits per heavy atom. The van der Waals surface area contributed by atoms with Gasteiger partial charge in [0.1, 0.15) is 0 Å². The maximum atomic E-state index is 10.8. The molecule has 1 atom stereocenters. The molecular weight excluding hydrogens is 257 g/mol. The molecule has 1 rings (SSSR count). The second-order valence-electron chi connectivity index (χ2n) is 2.93. The molecule has 1 aromatic rings. The first kappa shape index (κ1) is 12.7. The lowest BCUT2D eigenvalue weighted by Gasteiger charge is -2.06. The van der Waals surface area contributed by atoms with Crippen LogP contribution in [0, 0.1) is 0 Å². The highest BCUT2D eigenvalue weighted by Crippen LogP contribution is 2.20. The summed E-state index contributed by atoms with van der Waals surface area (Å²) in [4.78, 5) is 0. The predicted molar refractivity (Wildman–Crippen MR) is 64.1 cm³/mol. The van der Waals surface area contributed by atoms with E-state index in [4.69, 9.17) is 23.2 Å². The van der Waals surface area contributed by atoms with Gasteiger partial charge >= 0.3 is 0 Å². The molecule has 0 saturated carbocycles. The predicted octanol–water partition coefficient (Wildman–Crippen LogP) is 1.96. The molecule has 4 nitrogen and oxygen atoms in total. The molecule has 0 fully saturated rings. The van der Waals surface area contributed by atoms with Crippen molar-refractivity contribution in [2.45, 2.75) is 6.42 Å². The van der Waals surface area contributed by atoms with Gasteiger partial charge in [0, 0.05) is 35.4 Å². The van der Waals surface area contributed by atoms with Crippen molar-refractivity contribution in [3.05, 3.63) is 16.4 Å². The highest BCUT2D eigenvalue weighted by molar-refractivity contribution is 7.84. The normalized spacial score (nSPS) is 12.5. The third kappa shape index (κ3) is 4.77. The summed E-state index contributed by atoms with van der Waals surface area (Å²) >= 11 is 11.4. The van der Waals surface area contributed by atoms with Crippen LogP contribution in [0.4, 0.5) is 5.69 Å². The largest absolute Gasteiger partial charge is 0.382 e. The van der Waals surface area contributed by atoms with E-state index in [-0.39, 0.29) is 5.15 Å². The van der Waals surface area contributed by atoms with Crippen LogP contribution in [-0.2, 0) is 10.8 Å². The van der Waals surface area contributed by atoms with E-state index >= 15 is 0 Å². The molecule has 0 aliphatic rings. The lowest BCUT2D eigenvalue weighted by atomic mass is 10.4. The van der Waals surface area contributed by atoms with Crippen LogP contribution in [-0.4, -0.2) is 33.0 Å². The van der Waals surface area contributed by atoms with Crippen molar-refractivity contribution in [3.8, 4) is 0 Å². The minimum Gasteiger partial charge on any atom is -0.382 e. The molecule has 1 aromatic heterocycles. The number of aromatic nitrogens is 2. The van der Waals surface area contributed by atoms with E-state index in [2.05, 4.69) is 15.5 Å². The average molecular weight is 268 g/mol. The third-order valence-corrected chi connectivity index (χ3v) is 2.97. The van der Waals surface area contributed by atoms with Gasteiger partial charge in [-0.05, 0) is 6.42 Å². The SMILES string of the molecule is CS(=O)CCCNc1cc(Cl)nnc1Cl. The number of nitrogens with one attached hydrogen (secondary N) is 1. The Bertz CT molecular complexity index is 362. The molecule has 84 valence electrons. The minimum atomic E-state index is -0.760. The van der Waals surface area contributed by atoms with E-state index in [1.807, 2.05) is 0 Å². The molecule has 0 saturated heterocycles. The van der Waals surface area contributed by atoms with E-state index < -0.39 is 10.8 Å². The van der Waals surface area contributed by atoms with Crippen LogP contribution < -0.4 is 5.32 Å². The highest BCUT2D eigenvalue weighted by Gasteiger charge is 2.03. The summed E-state index contributed by atoms with van der Waals surface area (Å²) in [6.45, 7) is 0.682. The fourth-order valence-corrected chi connectivity index (χ4v) is 1.83. The maximum absolute atomic E-state index is 10.8. The summed E-state index contributed by atoms with van der Waals surface area (Å²) in [5.41, 5.74) is 0.651. The summed E-state index contributed by atoms with van der Waals surface area (Å²) in [7, 11) is -0.760. The molecule has 1 unspecified atom stereocenters. The van der Waals surface area contributed by atoms with Crippen molar-refractivity contribution in [2.75, 3.05) is 23.9 Å². The zero-order valence-corrected chi connectivity index (χ0v) is 10.5.